The number of carboxylic acids is 1. The normalized spacial score (nSPS) is 11.5. The highest BCUT2D eigenvalue weighted by molar-refractivity contribution is 5.77. The Balaban J connectivity index is 2.72. The smallest absolute Gasteiger partial charge is 0.326 e. The van der Waals surface area contributed by atoms with Crippen molar-refractivity contribution < 1.29 is 9.90 Å². The fourth-order valence-corrected chi connectivity index (χ4v) is 1.45. The minimum Gasteiger partial charge on any atom is -0.480 e. The summed E-state index contributed by atoms with van der Waals surface area (Å²) in [6.45, 7) is 2.01. The van der Waals surface area contributed by atoms with Crippen LogP contribution >= 0.6 is 0 Å². The fourth-order valence-electron chi connectivity index (χ4n) is 1.45. The summed E-state index contributed by atoms with van der Waals surface area (Å²) in [4.78, 5) is 14.8. The van der Waals surface area contributed by atoms with Crippen LogP contribution in [0.4, 0.5) is 5.69 Å². The summed E-state index contributed by atoms with van der Waals surface area (Å²) in [5.41, 5.74) is 0.884. The third kappa shape index (κ3) is 4.11. The number of aromatic nitrogens is 1. The Bertz CT molecular complexity index is 426. The first-order chi connectivity index (χ1) is 8.17. The maximum absolute atomic E-state index is 11.0. The van der Waals surface area contributed by atoms with Gasteiger partial charge in [-0.25, -0.2) is 9.78 Å². The first-order valence-corrected chi connectivity index (χ1v) is 5.53. The lowest BCUT2D eigenvalue weighted by atomic mass is 10.1. The maximum Gasteiger partial charge on any atom is 0.326 e. The molecule has 0 unspecified atom stereocenters. The lowest BCUT2D eigenvalue weighted by Crippen LogP contribution is -2.29. The van der Waals surface area contributed by atoms with Gasteiger partial charge in [0.2, 0.25) is 0 Å². The third-order valence-corrected chi connectivity index (χ3v) is 2.36. The van der Waals surface area contributed by atoms with Gasteiger partial charge in [0.1, 0.15) is 17.8 Å². The van der Waals surface area contributed by atoms with Gasteiger partial charge in [0.05, 0.1) is 0 Å². The van der Waals surface area contributed by atoms with Crippen molar-refractivity contribution in [3.63, 3.8) is 0 Å². The van der Waals surface area contributed by atoms with Gasteiger partial charge >= 0.3 is 5.97 Å². The molecule has 0 aliphatic carbocycles. The van der Waals surface area contributed by atoms with E-state index in [-0.39, 0.29) is 5.69 Å². The van der Waals surface area contributed by atoms with E-state index >= 15 is 0 Å². The molecule has 0 fully saturated rings. The SMILES string of the molecule is CCCC[C@H](Nc1ccnc(C#N)c1)C(=O)O. The van der Waals surface area contributed by atoms with Gasteiger partial charge in [-0.2, -0.15) is 5.26 Å². The van der Waals surface area contributed by atoms with Crippen LogP contribution in [0.3, 0.4) is 0 Å². The molecular weight excluding hydrogens is 218 g/mol. The van der Waals surface area contributed by atoms with E-state index in [4.69, 9.17) is 10.4 Å². The Labute approximate surface area is 100 Å². The highest BCUT2D eigenvalue weighted by atomic mass is 16.4. The molecule has 0 aliphatic rings. The van der Waals surface area contributed by atoms with Crippen molar-refractivity contribution in [1.29, 1.82) is 5.26 Å². The minimum atomic E-state index is -0.881. The molecule has 5 heteroatoms. The summed E-state index contributed by atoms with van der Waals surface area (Å²) in [5, 5.41) is 20.6. The summed E-state index contributed by atoms with van der Waals surface area (Å²) in [6, 6.07) is 4.49. The number of hydrogen-bond donors (Lipinski definition) is 2. The molecule has 1 aromatic rings. The Morgan fingerprint density at radius 1 is 1.71 bits per heavy atom. The third-order valence-electron chi connectivity index (χ3n) is 2.36. The first-order valence-electron chi connectivity index (χ1n) is 5.53. The van der Waals surface area contributed by atoms with Crippen molar-refractivity contribution in [3.05, 3.63) is 24.0 Å². The molecule has 0 amide bonds. The molecule has 0 spiro atoms. The molecular formula is C12H15N3O2. The molecule has 17 heavy (non-hydrogen) atoms. The van der Waals surface area contributed by atoms with E-state index < -0.39 is 12.0 Å². The van der Waals surface area contributed by atoms with Gasteiger partial charge in [-0.1, -0.05) is 19.8 Å². The number of nitrogens with zero attached hydrogens (tertiary/aromatic N) is 2. The lowest BCUT2D eigenvalue weighted by Gasteiger charge is -2.15. The van der Waals surface area contributed by atoms with Gasteiger partial charge in [0, 0.05) is 11.9 Å². The molecule has 0 aromatic carbocycles. The predicted octanol–water partition coefficient (Wildman–Crippen LogP) is 2.01. The average molecular weight is 233 g/mol. The quantitative estimate of drug-likeness (QED) is 0.784. The molecule has 1 heterocycles. The predicted molar refractivity (Wildman–Crippen MR) is 63.5 cm³/mol. The Hall–Kier alpha value is -2.09. The van der Waals surface area contributed by atoms with Crippen LogP contribution in [0.25, 0.3) is 0 Å². The Morgan fingerprint density at radius 3 is 3.06 bits per heavy atom. The number of carboxylic acid groups (broad SMARTS) is 1. The number of unbranched alkanes of at least 4 members (excludes halogenated alkanes) is 1. The van der Waals surface area contributed by atoms with Crippen molar-refractivity contribution >= 4 is 11.7 Å². The molecule has 1 atom stereocenters. The molecule has 0 saturated carbocycles. The van der Waals surface area contributed by atoms with Crippen molar-refractivity contribution in [2.24, 2.45) is 0 Å². The van der Waals surface area contributed by atoms with Crippen LogP contribution in [0.15, 0.2) is 18.3 Å². The summed E-state index contributed by atoms with van der Waals surface area (Å²) in [5.74, 6) is -0.881. The number of aliphatic carboxylic acids is 1. The fraction of sp³-hybridized carbons (Fsp3) is 0.417. The number of rotatable bonds is 6. The second-order valence-corrected chi connectivity index (χ2v) is 3.72. The van der Waals surface area contributed by atoms with E-state index in [0.717, 1.165) is 12.8 Å². The molecule has 2 N–H and O–H groups in total. The minimum absolute atomic E-state index is 0.273. The van der Waals surface area contributed by atoms with Crippen molar-refractivity contribution in [2.75, 3.05) is 5.32 Å². The number of carbonyl (C=O) groups is 1. The average Bonchev–Trinajstić information content (AvgIpc) is 2.34. The van der Waals surface area contributed by atoms with Crippen molar-refractivity contribution in [3.8, 4) is 6.07 Å². The zero-order chi connectivity index (χ0) is 12.7. The van der Waals surface area contributed by atoms with E-state index in [9.17, 15) is 4.79 Å². The van der Waals surface area contributed by atoms with E-state index in [0.29, 0.717) is 12.1 Å². The molecule has 1 rings (SSSR count). The van der Waals surface area contributed by atoms with E-state index in [2.05, 4.69) is 10.3 Å². The monoisotopic (exact) mass is 233 g/mol. The van der Waals surface area contributed by atoms with Gasteiger partial charge in [0.15, 0.2) is 0 Å². The van der Waals surface area contributed by atoms with E-state index in [1.807, 2.05) is 13.0 Å². The Kier molecular flexibility index (Phi) is 4.95. The molecule has 0 aliphatic heterocycles. The topological polar surface area (TPSA) is 86.0 Å². The van der Waals surface area contributed by atoms with Gasteiger partial charge in [-0.3, -0.25) is 0 Å². The number of nitriles is 1. The van der Waals surface area contributed by atoms with Gasteiger partial charge in [-0.05, 0) is 18.6 Å². The lowest BCUT2D eigenvalue weighted by molar-refractivity contribution is -0.138. The molecule has 0 saturated heterocycles. The largest absolute Gasteiger partial charge is 0.480 e. The molecule has 0 bridgehead atoms. The number of pyridine rings is 1. The zero-order valence-electron chi connectivity index (χ0n) is 9.68. The molecule has 1 aromatic heterocycles. The van der Waals surface area contributed by atoms with Crippen LogP contribution in [0.2, 0.25) is 0 Å². The first kappa shape index (κ1) is 13.0. The number of hydrogen-bond acceptors (Lipinski definition) is 4. The van der Waals surface area contributed by atoms with Crippen LogP contribution in [0.5, 0.6) is 0 Å². The molecule has 0 radical (unpaired) electrons. The van der Waals surface area contributed by atoms with E-state index in [1.54, 1.807) is 12.1 Å². The number of nitrogens with one attached hydrogen (secondary N) is 1. The van der Waals surface area contributed by atoms with Crippen molar-refractivity contribution in [2.45, 2.75) is 32.2 Å². The molecule has 5 nitrogen and oxygen atoms in total. The van der Waals surface area contributed by atoms with Crippen LogP contribution in [-0.4, -0.2) is 22.1 Å². The van der Waals surface area contributed by atoms with E-state index in [1.165, 1.54) is 6.20 Å². The van der Waals surface area contributed by atoms with Gasteiger partial charge in [-0.15, -0.1) is 0 Å². The number of anilines is 1. The zero-order valence-corrected chi connectivity index (χ0v) is 9.68. The van der Waals surface area contributed by atoms with Gasteiger partial charge in [0.25, 0.3) is 0 Å². The van der Waals surface area contributed by atoms with Gasteiger partial charge < -0.3 is 10.4 Å². The van der Waals surface area contributed by atoms with Crippen LogP contribution in [-0.2, 0) is 4.79 Å². The standard InChI is InChI=1S/C12H15N3O2/c1-2-3-4-11(12(16)17)15-9-5-6-14-10(7-9)8-13/h5-7,11H,2-4H2,1H3,(H,14,15)(H,16,17)/t11-/m0/s1. The summed E-state index contributed by atoms with van der Waals surface area (Å²) in [6.07, 6.45) is 3.85. The highest BCUT2D eigenvalue weighted by Gasteiger charge is 2.16. The highest BCUT2D eigenvalue weighted by Crippen LogP contribution is 2.12. The van der Waals surface area contributed by atoms with Crippen LogP contribution < -0.4 is 5.32 Å². The van der Waals surface area contributed by atoms with Crippen LogP contribution in [0, 0.1) is 11.3 Å². The maximum atomic E-state index is 11.0. The second-order valence-electron chi connectivity index (χ2n) is 3.72. The Morgan fingerprint density at radius 2 is 2.47 bits per heavy atom. The van der Waals surface area contributed by atoms with Crippen LogP contribution in [0.1, 0.15) is 31.9 Å². The summed E-state index contributed by atoms with van der Waals surface area (Å²) >= 11 is 0. The second kappa shape index (κ2) is 6.48. The van der Waals surface area contributed by atoms with Crippen molar-refractivity contribution in [1.82, 2.24) is 4.98 Å². The summed E-state index contributed by atoms with van der Waals surface area (Å²) < 4.78 is 0. The summed E-state index contributed by atoms with van der Waals surface area (Å²) in [7, 11) is 0. The molecule has 90 valence electrons.